The fraction of sp³-hybridized carbons (Fsp3) is 0.471. The second-order valence-electron chi connectivity index (χ2n) is 6.39. The molecule has 3 N–H and O–H groups in total. The molecule has 3 rings (SSSR count). The van der Waals surface area contributed by atoms with E-state index in [0.717, 1.165) is 23.3 Å². The van der Waals surface area contributed by atoms with Crippen LogP contribution in [0.15, 0.2) is 18.2 Å². The highest BCUT2D eigenvalue weighted by Gasteiger charge is 2.42. The Morgan fingerprint density at radius 3 is 2.50 bits per heavy atom. The summed E-state index contributed by atoms with van der Waals surface area (Å²) in [5.74, 6) is -0.741. The fourth-order valence-electron chi connectivity index (χ4n) is 3.01. The lowest BCUT2D eigenvalue weighted by Gasteiger charge is -2.24. The minimum absolute atomic E-state index is 0. The number of aryl methyl sites for hydroxylation is 1. The van der Waals surface area contributed by atoms with Crippen molar-refractivity contribution in [3.05, 3.63) is 34.9 Å². The molecule has 7 heteroatoms. The summed E-state index contributed by atoms with van der Waals surface area (Å²) in [7, 11) is 0. The number of nitrogens with zero attached hydrogens (tertiary/aromatic N) is 1. The van der Waals surface area contributed by atoms with Gasteiger partial charge in [-0.3, -0.25) is 19.3 Å². The van der Waals surface area contributed by atoms with Crippen LogP contribution in [0.5, 0.6) is 0 Å². The zero-order chi connectivity index (χ0) is 16.7. The van der Waals surface area contributed by atoms with Crippen molar-refractivity contribution in [1.29, 1.82) is 0 Å². The molecule has 1 fully saturated rings. The van der Waals surface area contributed by atoms with Crippen molar-refractivity contribution in [3.63, 3.8) is 0 Å². The van der Waals surface area contributed by atoms with Crippen molar-refractivity contribution in [2.75, 3.05) is 6.54 Å². The Bertz CT molecular complexity index is 688. The third kappa shape index (κ3) is 3.16. The van der Waals surface area contributed by atoms with Crippen molar-refractivity contribution in [3.8, 4) is 0 Å². The zero-order valence-corrected chi connectivity index (χ0v) is 14.6. The highest BCUT2D eigenvalue weighted by atomic mass is 35.5. The molecule has 1 heterocycles. The molecule has 1 aliphatic carbocycles. The van der Waals surface area contributed by atoms with Gasteiger partial charge in [-0.1, -0.05) is 11.6 Å². The summed E-state index contributed by atoms with van der Waals surface area (Å²) in [5.41, 5.74) is 7.32. The number of halogens is 1. The summed E-state index contributed by atoms with van der Waals surface area (Å²) >= 11 is 0. The number of nitrogens with one attached hydrogen (secondary N) is 1. The number of amides is 3. The molecule has 1 aromatic rings. The Labute approximate surface area is 147 Å². The molecule has 0 spiro atoms. The average Bonchev–Trinajstić information content (AvgIpc) is 3.33. The predicted molar refractivity (Wildman–Crippen MR) is 92.1 cm³/mol. The Balaban J connectivity index is 0.00000208. The number of hydrogen-bond acceptors (Lipinski definition) is 4. The van der Waals surface area contributed by atoms with Gasteiger partial charge in [0.2, 0.25) is 5.91 Å². The summed E-state index contributed by atoms with van der Waals surface area (Å²) in [6.45, 7) is 3.80. The van der Waals surface area contributed by atoms with Gasteiger partial charge < -0.3 is 11.1 Å². The van der Waals surface area contributed by atoms with Gasteiger partial charge in [0.1, 0.15) is 6.04 Å². The maximum atomic E-state index is 12.5. The summed E-state index contributed by atoms with van der Waals surface area (Å²) < 4.78 is 0. The van der Waals surface area contributed by atoms with Crippen molar-refractivity contribution in [2.45, 2.75) is 38.8 Å². The van der Waals surface area contributed by atoms with E-state index in [2.05, 4.69) is 5.32 Å². The highest BCUT2D eigenvalue weighted by molar-refractivity contribution is 6.22. The monoisotopic (exact) mass is 351 g/mol. The molecule has 2 aliphatic rings. The van der Waals surface area contributed by atoms with Crippen molar-refractivity contribution >= 4 is 30.1 Å². The fourth-order valence-corrected chi connectivity index (χ4v) is 3.01. The van der Waals surface area contributed by atoms with Crippen LogP contribution < -0.4 is 11.1 Å². The first-order valence-corrected chi connectivity index (χ1v) is 7.93. The van der Waals surface area contributed by atoms with Crippen molar-refractivity contribution in [2.24, 2.45) is 11.7 Å². The molecular weight excluding hydrogens is 330 g/mol. The van der Waals surface area contributed by atoms with E-state index in [0.29, 0.717) is 23.6 Å². The van der Waals surface area contributed by atoms with Crippen LogP contribution in [-0.4, -0.2) is 41.2 Å². The van der Waals surface area contributed by atoms with Crippen molar-refractivity contribution in [1.82, 2.24) is 10.2 Å². The van der Waals surface area contributed by atoms with Crippen LogP contribution in [-0.2, 0) is 4.79 Å². The molecule has 1 aromatic carbocycles. The molecule has 2 atom stereocenters. The van der Waals surface area contributed by atoms with Crippen LogP contribution in [0, 0.1) is 12.8 Å². The van der Waals surface area contributed by atoms with Gasteiger partial charge in [0, 0.05) is 12.6 Å². The number of benzene rings is 1. The molecule has 0 aromatic heterocycles. The molecule has 0 bridgehead atoms. The van der Waals surface area contributed by atoms with Gasteiger partial charge in [-0.15, -0.1) is 12.4 Å². The number of fused-ring (bicyclic) bond motifs is 1. The predicted octanol–water partition coefficient (Wildman–Crippen LogP) is 1.25. The molecule has 2 unspecified atom stereocenters. The van der Waals surface area contributed by atoms with E-state index in [1.54, 1.807) is 25.1 Å². The summed E-state index contributed by atoms with van der Waals surface area (Å²) in [6.07, 6.45) is 2.12. The summed E-state index contributed by atoms with van der Waals surface area (Å²) in [6, 6.07) is 4.18. The zero-order valence-electron chi connectivity index (χ0n) is 13.7. The Hall–Kier alpha value is -1.92. The maximum Gasteiger partial charge on any atom is 0.262 e. The molecule has 6 nitrogen and oxygen atoms in total. The van der Waals surface area contributed by atoms with Gasteiger partial charge in [0.25, 0.3) is 11.8 Å². The molecule has 1 saturated carbocycles. The number of nitrogens with two attached hydrogens (primary N) is 1. The number of carbonyl (C=O) groups is 3. The van der Waals surface area contributed by atoms with Crippen LogP contribution in [0.25, 0.3) is 0 Å². The smallest absolute Gasteiger partial charge is 0.262 e. The highest BCUT2D eigenvalue weighted by Crippen LogP contribution is 2.32. The van der Waals surface area contributed by atoms with Crippen molar-refractivity contribution < 1.29 is 14.4 Å². The molecule has 130 valence electrons. The van der Waals surface area contributed by atoms with E-state index >= 15 is 0 Å². The van der Waals surface area contributed by atoms with E-state index < -0.39 is 17.9 Å². The second kappa shape index (κ2) is 6.91. The lowest BCUT2D eigenvalue weighted by atomic mass is 10.1. The Kier molecular flexibility index (Phi) is 5.30. The largest absolute Gasteiger partial charge is 0.350 e. The van der Waals surface area contributed by atoms with Crippen LogP contribution in [0.1, 0.15) is 46.0 Å². The average molecular weight is 352 g/mol. The summed E-state index contributed by atoms with van der Waals surface area (Å²) in [5, 5.41) is 2.87. The van der Waals surface area contributed by atoms with Crippen LogP contribution in [0.3, 0.4) is 0 Å². The molecule has 1 aliphatic heterocycles. The second-order valence-corrected chi connectivity index (χ2v) is 6.39. The number of rotatable bonds is 5. The number of imide groups is 1. The SMILES string of the molecule is Cc1ccc2c(c1)C(=O)N(C(C)C(=O)NC(CN)C1CC1)C2=O.Cl. The van der Waals surface area contributed by atoms with E-state index in [1.807, 2.05) is 6.92 Å². The van der Waals surface area contributed by atoms with E-state index in [9.17, 15) is 14.4 Å². The first kappa shape index (κ1) is 18.4. The molecule has 24 heavy (non-hydrogen) atoms. The van der Waals surface area contributed by atoms with E-state index in [4.69, 9.17) is 5.73 Å². The minimum atomic E-state index is -0.851. The van der Waals surface area contributed by atoms with Gasteiger partial charge in [-0.25, -0.2) is 0 Å². The van der Waals surface area contributed by atoms with E-state index in [1.165, 1.54) is 0 Å². The van der Waals surface area contributed by atoms with Gasteiger partial charge in [0.15, 0.2) is 0 Å². The maximum absolute atomic E-state index is 12.5. The molecule has 0 radical (unpaired) electrons. The first-order valence-electron chi connectivity index (χ1n) is 7.93. The van der Waals surface area contributed by atoms with Gasteiger partial charge in [-0.2, -0.15) is 0 Å². The standard InChI is InChI=1S/C17H21N3O3.ClH/c1-9-3-6-12-13(7-9)17(23)20(16(12)22)10(2)15(21)19-14(8-18)11-4-5-11;/h3,6-7,10-11,14H,4-5,8,18H2,1-2H3,(H,19,21);1H. The third-order valence-electron chi connectivity index (χ3n) is 4.61. The van der Waals surface area contributed by atoms with Crippen LogP contribution >= 0.6 is 12.4 Å². The lowest BCUT2D eigenvalue weighted by molar-refractivity contribution is -0.125. The normalized spacial score (nSPS) is 18.7. The van der Waals surface area contributed by atoms with Gasteiger partial charge in [-0.05, 0) is 44.7 Å². The molecule has 3 amide bonds. The van der Waals surface area contributed by atoms with Gasteiger partial charge in [0.05, 0.1) is 11.1 Å². The quantitative estimate of drug-likeness (QED) is 0.781. The lowest BCUT2D eigenvalue weighted by Crippen LogP contribution is -2.52. The van der Waals surface area contributed by atoms with E-state index in [-0.39, 0.29) is 24.4 Å². The van der Waals surface area contributed by atoms with Crippen LogP contribution in [0.2, 0.25) is 0 Å². The Morgan fingerprint density at radius 1 is 1.29 bits per heavy atom. The van der Waals surface area contributed by atoms with Gasteiger partial charge >= 0.3 is 0 Å². The minimum Gasteiger partial charge on any atom is -0.350 e. The molecular formula is C17H22ClN3O3. The number of carbonyl (C=O) groups excluding carboxylic acids is 3. The van der Waals surface area contributed by atoms with Crippen LogP contribution in [0.4, 0.5) is 0 Å². The first-order chi connectivity index (χ1) is 10.9. The Morgan fingerprint density at radius 2 is 1.92 bits per heavy atom. The third-order valence-corrected chi connectivity index (χ3v) is 4.61. The topological polar surface area (TPSA) is 92.5 Å². The molecule has 0 saturated heterocycles. The summed E-state index contributed by atoms with van der Waals surface area (Å²) in [4.78, 5) is 38.4. The number of hydrogen-bond donors (Lipinski definition) is 2.